The number of hydrogen-bond acceptors (Lipinski definition) is 6. The summed E-state index contributed by atoms with van der Waals surface area (Å²) in [5, 5.41) is 3.12. The number of thiophene rings is 1. The molecule has 0 atom stereocenters. The molecule has 4 rings (SSSR count). The predicted molar refractivity (Wildman–Crippen MR) is 99.9 cm³/mol. The molecule has 2 N–H and O–H groups in total. The van der Waals surface area contributed by atoms with Crippen molar-refractivity contribution in [1.29, 1.82) is 0 Å². The molecular formula is C18H19N5OS. The number of rotatable bonds is 3. The number of carbonyl (C=O) groups is 1. The Balaban J connectivity index is 1.45. The largest absolute Gasteiger partial charge is 0.352 e. The first-order chi connectivity index (χ1) is 12.3. The summed E-state index contributed by atoms with van der Waals surface area (Å²) in [6, 6.07) is 9.60. The first-order valence-electron chi connectivity index (χ1n) is 8.27. The highest BCUT2D eigenvalue weighted by atomic mass is 32.1. The Kier molecular flexibility index (Phi) is 4.33. The highest BCUT2D eigenvalue weighted by Gasteiger charge is 2.24. The SMILES string of the molecule is NCc1ccc(C(=O)N2CCN(c3ncnc4sccc34)CC2)cc1. The number of carbonyl (C=O) groups excluding carboxylic acids is 1. The van der Waals surface area contributed by atoms with Crippen LogP contribution < -0.4 is 10.6 Å². The predicted octanol–water partition coefficient (Wildman–Crippen LogP) is 2.11. The van der Waals surface area contributed by atoms with Gasteiger partial charge in [-0.3, -0.25) is 4.79 Å². The van der Waals surface area contributed by atoms with Crippen molar-refractivity contribution in [2.24, 2.45) is 5.73 Å². The number of amides is 1. The van der Waals surface area contributed by atoms with Crippen molar-refractivity contribution in [3.63, 3.8) is 0 Å². The van der Waals surface area contributed by atoms with E-state index in [1.54, 1.807) is 17.7 Å². The number of benzene rings is 1. The second-order valence-electron chi connectivity index (χ2n) is 6.02. The van der Waals surface area contributed by atoms with Gasteiger partial charge >= 0.3 is 0 Å². The Labute approximate surface area is 149 Å². The van der Waals surface area contributed by atoms with Crippen molar-refractivity contribution in [3.05, 3.63) is 53.2 Å². The summed E-state index contributed by atoms with van der Waals surface area (Å²) in [4.78, 5) is 26.6. The fourth-order valence-corrected chi connectivity index (χ4v) is 3.84. The normalized spacial score (nSPS) is 14.9. The first-order valence-corrected chi connectivity index (χ1v) is 9.15. The smallest absolute Gasteiger partial charge is 0.253 e. The summed E-state index contributed by atoms with van der Waals surface area (Å²) in [6.45, 7) is 3.41. The van der Waals surface area contributed by atoms with Gasteiger partial charge in [0.2, 0.25) is 0 Å². The molecule has 1 saturated heterocycles. The van der Waals surface area contributed by atoms with E-state index in [2.05, 4.69) is 20.9 Å². The summed E-state index contributed by atoms with van der Waals surface area (Å²) >= 11 is 1.62. The first kappa shape index (κ1) is 16.0. The zero-order chi connectivity index (χ0) is 17.2. The monoisotopic (exact) mass is 353 g/mol. The zero-order valence-corrected chi connectivity index (χ0v) is 14.6. The van der Waals surface area contributed by atoms with Gasteiger partial charge in [-0.05, 0) is 29.1 Å². The van der Waals surface area contributed by atoms with Crippen molar-refractivity contribution >= 4 is 33.3 Å². The third-order valence-electron chi connectivity index (χ3n) is 4.54. The van der Waals surface area contributed by atoms with Crippen molar-refractivity contribution in [3.8, 4) is 0 Å². The van der Waals surface area contributed by atoms with Gasteiger partial charge in [-0.1, -0.05) is 12.1 Å². The molecule has 1 amide bonds. The lowest BCUT2D eigenvalue weighted by molar-refractivity contribution is 0.0746. The second kappa shape index (κ2) is 6.78. The van der Waals surface area contributed by atoms with Crippen LogP contribution in [0.2, 0.25) is 0 Å². The lowest BCUT2D eigenvalue weighted by Crippen LogP contribution is -2.49. The van der Waals surface area contributed by atoms with Gasteiger partial charge in [-0.25, -0.2) is 9.97 Å². The molecule has 25 heavy (non-hydrogen) atoms. The third kappa shape index (κ3) is 3.08. The molecule has 1 aliphatic rings. The van der Waals surface area contributed by atoms with Gasteiger partial charge in [-0.15, -0.1) is 11.3 Å². The van der Waals surface area contributed by atoms with E-state index in [0.29, 0.717) is 25.2 Å². The van der Waals surface area contributed by atoms with E-state index in [9.17, 15) is 4.79 Å². The summed E-state index contributed by atoms with van der Waals surface area (Å²) in [7, 11) is 0. The van der Waals surface area contributed by atoms with E-state index in [4.69, 9.17) is 5.73 Å². The molecule has 0 aliphatic carbocycles. The van der Waals surface area contributed by atoms with Crippen molar-refractivity contribution in [1.82, 2.24) is 14.9 Å². The molecule has 1 fully saturated rings. The van der Waals surface area contributed by atoms with Crippen LogP contribution in [0.1, 0.15) is 15.9 Å². The molecule has 6 nitrogen and oxygen atoms in total. The van der Waals surface area contributed by atoms with Crippen LogP contribution in [0.15, 0.2) is 42.0 Å². The summed E-state index contributed by atoms with van der Waals surface area (Å²) in [6.07, 6.45) is 1.62. The van der Waals surface area contributed by atoms with E-state index >= 15 is 0 Å². The van der Waals surface area contributed by atoms with Gasteiger partial charge in [0.15, 0.2) is 0 Å². The Morgan fingerprint density at radius 3 is 2.56 bits per heavy atom. The minimum atomic E-state index is 0.0755. The van der Waals surface area contributed by atoms with Gasteiger partial charge in [-0.2, -0.15) is 0 Å². The fraction of sp³-hybridized carbons (Fsp3) is 0.278. The van der Waals surface area contributed by atoms with Gasteiger partial charge < -0.3 is 15.5 Å². The average molecular weight is 353 g/mol. The third-order valence-corrected chi connectivity index (χ3v) is 5.36. The standard InChI is InChI=1S/C18H19N5OS/c19-11-13-1-3-14(4-2-13)18(24)23-8-6-22(7-9-23)16-15-5-10-25-17(15)21-12-20-16/h1-5,10,12H,6-9,11,19H2. The van der Waals surface area contributed by atoms with Crippen LogP contribution in [0.25, 0.3) is 10.2 Å². The van der Waals surface area contributed by atoms with E-state index in [-0.39, 0.29) is 5.91 Å². The van der Waals surface area contributed by atoms with E-state index < -0.39 is 0 Å². The van der Waals surface area contributed by atoms with Crippen LogP contribution in [0.5, 0.6) is 0 Å². The zero-order valence-electron chi connectivity index (χ0n) is 13.8. The number of piperazine rings is 1. The molecule has 0 spiro atoms. The molecule has 0 radical (unpaired) electrons. The molecule has 0 bridgehead atoms. The van der Waals surface area contributed by atoms with Gasteiger partial charge in [0.1, 0.15) is 17.0 Å². The van der Waals surface area contributed by atoms with E-state index in [1.807, 2.05) is 34.5 Å². The molecular weight excluding hydrogens is 334 g/mol. The second-order valence-corrected chi connectivity index (χ2v) is 6.91. The van der Waals surface area contributed by atoms with Crippen LogP contribution in [-0.2, 0) is 6.54 Å². The lowest BCUT2D eigenvalue weighted by Gasteiger charge is -2.35. The average Bonchev–Trinajstić information content (AvgIpc) is 3.16. The molecule has 128 valence electrons. The Morgan fingerprint density at radius 1 is 1.08 bits per heavy atom. The Hall–Kier alpha value is -2.51. The number of nitrogens with two attached hydrogens (primary N) is 1. The number of fused-ring (bicyclic) bond motifs is 1. The van der Waals surface area contributed by atoms with Crippen LogP contribution in [0.3, 0.4) is 0 Å². The Bertz CT molecular complexity index is 884. The van der Waals surface area contributed by atoms with Gasteiger partial charge in [0.25, 0.3) is 5.91 Å². The highest BCUT2D eigenvalue weighted by molar-refractivity contribution is 7.16. The number of anilines is 1. The maximum Gasteiger partial charge on any atom is 0.253 e. The molecule has 1 aliphatic heterocycles. The highest BCUT2D eigenvalue weighted by Crippen LogP contribution is 2.27. The van der Waals surface area contributed by atoms with Crippen LogP contribution in [0.4, 0.5) is 5.82 Å². The summed E-state index contributed by atoms with van der Waals surface area (Å²) in [5.74, 6) is 1.04. The Morgan fingerprint density at radius 2 is 1.84 bits per heavy atom. The lowest BCUT2D eigenvalue weighted by atomic mass is 10.1. The fourth-order valence-electron chi connectivity index (χ4n) is 3.12. The van der Waals surface area contributed by atoms with Crippen molar-refractivity contribution in [2.75, 3.05) is 31.1 Å². The molecule has 3 heterocycles. The van der Waals surface area contributed by atoms with Crippen molar-refractivity contribution < 1.29 is 4.79 Å². The molecule has 3 aromatic rings. The maximum absolute atomic E-state index is 12.7. The van der Waals surface area contributed by atoms with Gasteiger partial charge in [0.05, 0.1) is 5.39 Å². The maximum atomic E-state index is 12.7. The van der Waals surface area contributed by atoms with Crippen LogP contribution in [0, 0.1) is 0 Å². The van der Waals surface area contributed by atoms with Crippen LogP contribution >= 0.6 is 11.3 Å². The molecule has 7 heteroatoms. The van der Waals surface area contributed by atoms with Gasteiger partial charge in [0, 0.05) is 38.3 Å². The van der Waals surface area contributed by atoms with E-state index in [1.165, 1.54) is 0 Å². The minimum absolute atomic E-state index is 0.0755. The quantitative estimate of drug-likeness (QED) is 0.780. The summed E-state index contributed by atoms with van der Waals surface area (Å²) < 4.78 is 0. The summed E-state index contributed by atoms with van der Waals surface area (Å²) in [5.41, 5.74) is 7.36. The van der Waals surface area contributed by atoms with Crippen LogP contribution in [-0.4, -0.2) is 47.0 Å². The number of nitrogens with zero attached hydrogens (tertiary/aromatic N) is 4. The molecule has 0 unspecified atom stereocenters. The van der Waals surface area contributed by atoms with Crippen molar-refractivity contribution in [2.45, 2.75) is 6.54 Å². The molecule has 2 aromatic heterocycles. The molecule has 1 aromatic carbocycles. The van der Waals surface area contributed by atoms with E-state index in [0.717, 1.165) is 34.7 Å². The number of aromatic nitrogens is 2. The minimum Gasteiger partial charge on any atom is -0.352 e. The topological polar surface area (TPSA) is 75.4 Å². The molecule has 0 saturated carbocycles. The number of hydrogen-bond donors (Lipinski definition) is 1.